The zero-order valence-electron chi connectivity index (χ0n) is 17.2. The van der Waals surface area contributed by atoms with Gasteiger partial charge < -0.3 is 20.7 Å². The average Bonchev–Trinajstić information content (AvgIpc) is 3.15. The summed E-state index contributed by atoms with van der Waals surface area (Å²) in [4.78, 5) is 27.3. The maximum atomic E-state index is 11.5. The highest BCUT2D eigenvalue weighted by molar-refractivity contribution is 5.86. The van der Waals surface area contributed by atoms with E-state index < -0.39 is 0 Å². The zero-order chi connectivity index (χ0) is 21.1. The number of nitrogens with zero attached hydrogens (tertiary/aromatic N) is 5. The average molecular weight is 410 g/mol. The molecule has 0 atom stereocenters. The molecule has 1 fully saturated rings. The van der Waals surface area contributed by atoms with Gasteiger partial charge in [0.15, 0.2) is 11.3 Å². The zero-order valence-corrected chi connectivity index (χ0v) is 17.2. The van der Waals surface area contributed by atoms with E-state index in [9.17, 15) is 4.79 Å². The molecule has 1 saturated heterocycles. The number of methoxy groups -OCH3 is 1. The van der Waals surface area contributed by atoms with E-state index in [-0.39, 0.29) is 17.9 Å². The van der Waals surface area contributed by atoms with E-state index in [1.165, 1.54) is 7.11 Å². The van der Waals surface area contributed by atoms with E-state index in [2.05, 4.69) is 42.3 Å². The predicted molar refractivity (Wildman–Crippen MR) is 114 cm³/mol. The maximum absolute atomic E-state index is 11.5. The Bertz CT molecular complexity index is 1040. The number of hydrogen-bond donors (Lipinski definition) is 3. The molecule has 1 aliphatic heterocycles. The third-order valence-electron chi connectivity index (χ3n) is 5.42. The van der Waals surface area contributed by atoms with Crippen LogP contribution in [0.25, 0.3) is 11.2 Å². The number of piperidine rings is 1. The van der Waals surface area contributed by atoms with Crippen molar-refractivity contribution >= 4 is 34.5 Å². The summed E-state index contributed by atoms with van der Waals surface area (Å²) in [5.74, 6) is 1.16. The molecule has 0 bridgehead atoms. The Kier molecular flexibility index (Phi) is 5.49. The number of carbonyl (C=O) groups excluding carboxylic acids is 1. The first kappa shape index (κ1) is 20.0. The van der Waals surface area contributed by atoms with Crippen LogP contribution in [0.1, 0.15) is 31.9 Å². The van der Waals surface area contributed by atoms with Crippen LogP contribution in [-0.4, -0.2) is 56.9 Å². The summed E-state index contributed by atoms with van der Waals surface area (Å²) in [6, 6.07) is 3.72. The molecule has 0 aliphatic carbocycles. The number of aryl methyl sites for hydroxylation is 1. The summed E-state index contributed by atoms with van der Waals surface area (Å²) in [6.45, 7) is 3.78. The van der Waals surface area contributed by atoms with E-state index in [4.69, 9.17) is 10.5 Å². The lowest BCUT2D eigenvalue weighted by Crippen LogP contribution is -2.48. The Labute approximate surface area is 174 Å². The smallest absolute Gasteiger partial charge is 0.305 e. The van der Waals surface area contributed by atoms with Gasteiger partial charge in [-0.15, -0.1) is 0 Å². The molecular weight excluding hydrogens is 384 g/mol. The number of esters is 1. The minimum atomic E-state index is -0.273. The standard InChI is InChI=1S/C20H26N8O2/c1-20(21)7-10-28(11-8-20)15-12-23-17-18(26-27-19(17)25-15)24-14-4-3-9-22-13(14)5-6-16(29)30-2/h3-4,9,12H,5-8,10-11,21H2,1-2H3,(H2,24,25,26,27). The monoisotopic (exact) mass is 410 g/mol. The molecule has 4 rings (SSSR count). The molecule has 0 radical (unpaired) electrons. The lowest BCUT2D eigenvalue weighted by molar-refractivity contribution is -0.140. The van der Waals surface area contributed by atoms with Gasteiger partial charge in [0.2, 0.25) is 5.65 Å². The Morgan fingerprint density at radius 3 is 2.93 bits per heavy atom. The normalized spacial score (nSPS) is 15.9. The second kappa shape index (κ2) is 8.23. The first-order chi connectivity index (χ1) is 14.4. The number of aromatic nitrogens is 5. The molecule has 4 heterocycles. The van der Waals surface area contributed by atoms with Gasteiger partial charge in [0.05, 0.1) is 31.1 Å². The Hall–Kier alpha value is -3.27. The molecule has 3 aromatic heterocycles. The van der Waals surface area contributed by atoms with Crippen molar-refractivity contribution in [3.05, 3.63) is 30.2 Å². The molecule has 158 valence electrons. The number of hydrogen-bond acceptors (Lipinski definition) is 9. The highest BCUT2D eigenvalue weighted by atomic mass is 16.5. The minimum absolute atomic E-state index is 0.118. The van der Waals surface area contributed by atoms with Crippen LogP contribution in [0.4, 0.5) is 17.3 Å². The third-order valence-corrected chi connectivity index (χ3v) is 5.42. The highest BCUT2D eigenvalue weighted by Gasteiger charge is 2.27. The fourth-order valence-electron chi connectivity index (χ4n) is 3.48. The minimum Gasteiger partial charge on any atom is -0.469 e. The number of pyridine rings is 1. The molecule has 10 heteroatoms. The Morgan fingerprint density at radius 1 is 1.37 bits per heavy atom. The predicted octanol–water partition coefficient (Wildman–Crippen LogP) is 1.91. The molecule has 0 saturated carbocycles. The number of aromatic amines is 1. The molecule has 10 nitrogen and oxygen atoms in total. The fourth-order valence-corrected chi connectivity index (χ4v) is 3.48. The van der Waals surface area contributed by atoms with Crippen molar-refractivity contribution in [3.8, 4) is 0 Å². The number of fused-ring (bicyclic) bond motifs is 1. The van der Waals surface area contributed by atoms with Crippen molar-refractivity contribution in [3.63, 3.8) is 0 Å². The lowest BCUT2D eigenvalue weighted by Gasteiger charge is -2.37. The van der Waals surface area contributed by atoms with Gasteiger partial charge in [0, 0.05) is 31.2 Å². The molecule has 3 aromatic rings. The second-order valence-corrected chi connectivity index (χ2v) is 7.84. The Balaban J connectivity index is 1.52. The van der Waals surface area contributed by atoms with Crippen LogP contribution in [-0.2, 0) is 16.0 Å². The van der Waals surface area contributed by atoms with Gasteiger partial charge >= 0.3 is 5.97 Å². The number of anilines is 3. The molecule has 4 N–H and O–H groups in total. The van der Waals surface area contributed by atoms with Crippen molar-refractivity contribution < 1.29 is 9.53 Å². The van der Waals surface area contributed by atoms with Gasteiger partial charge in [-0.2, -0.15) is 5.10 Å². The van der Waals surface area contributed by atoms with Gasteiger partial charge in [0.25, 0.3) is 0 Å². The molecule has 0 spiro atoms. The molecule has 0 unspecified atom stereocenters. The summed E-state index contributed by atoms with van der Waals surface area (Å²) in [5, 5.41) is 10.6. The maximum Gasteiger partial charge on any atom is 0.305 e. The van der Waals surface area contributed by atoms with Crippen LogP contribution >= 0.6 is 0 Å². The number of H-pyrrole nitrogens is 1. The van der Waals surface area contributed by atoms with E-state index in [0.717, 1.165) is 43.1 Å². The van der Waals surface area contributed by atoms with Gasteiger partial charge in [-0.3, -0.25) is 14.9 Å². The summed E-state index contributed by atoms with van der Waals surface area (Å²) < 4.78 is 4.72. The van der Waals surface area contributed by atoms with Gasteiger partial charge in [-0.05, 0) is 31.9 Å². The topological polar surface area (TPSA) is 135 Å². The Morgan fingerprint density at radius 2 is 2.17 bits per heavy atom. The van der Waals surface area contributed by atoms with E-state index in [1.807, 2.05) is 12.1 Å². The second-order valence-electron chi connectivity index (χ2n) is 7.84. The van der Waals surface area contributed by atoms with Gasteiger partial charge in [-0.25, -0.2) is 9.97 Å². The van der Waals surface area contributed by atoms with Crippen molar-refractivity contribution in [1.29, 1.82) is 0 Å². The summed E-state index contributed by atoms with van der Waals surface area (Å²) in [7, 11) is 1.38. The number of nitrogens with one attached hydrogen (secondary N) is 2. The lowest BCUT2D eigenvalue weighted by atomic mass is 9.91. The van der Waals surface area contributed by atoms with E-state index in [0.29, 0.717) is 23.4 Å². The molecule has 1 aliphatic rings. The molecule has 0 aromatic carbocycles. The molecule has 30 heavy (non-hydrogen) atoms. The highest BCUT2D eigenvalue weighted by Crippen LogP contribution is 2.27. The largest absolute Gasteiger partial charge is 0.469 e. The van der Waals surface area contributed by atoms with Crippen LogP contribution in [0.15, 0.2) is 24.5 Å². The van der Waals surface area contributed by atoms with Crippen molar-refractivity contribution in [2.75, 3.05) is 30.4 Å². The van der Waals surface area contributed by atoms with Gasteiger partial charge in [0.1, 0.15) is 5.82 Å². The van der Waals surface area contributed by atoms with Crippen LogP contribution in [0.5, 0.6) is 0 Å². The third kappa shape index (κ3) is 4.33. The first-order valence-corrected chi connectivity index (χ1v) is 9.98. The molecular formula is C20H26N8O2. The summed E-state index contributed by atoms with van der Waals surface area (Å²) in [5.41, 5.74) is 8.82. The van der Waals surface area contributed by atoms with E-state index in [1.54, 1.807) is 12.4 Å². The fraction of sp³-hybridized carbons (Fsp3) is 0.450. The van der Waals surface area contributed by atoms with Crippen molar-refractivity contribution in [2.24, 2.45) is 5.73 Å². The molecule has 0 amide bonds. The van der Waals surface area contributed by atoms with Crippen LogP contribution in [0.2, 0.25) is 0 Å². The van der Waals surface area contributed by atoms with Crippen molar-refractivity contribution in [2.45, 2.75) is 38.1 Å². The first-order valence-electron chi connectivity index (χ1n) is 9.98. The quantitative estimate of drug-likeness (QED) is 0.521. The number of rotatable bonds is 6. The number of carbonyl (C=O) groups is 1. The SMILES string of the molecule is COC(=O)CCc1ncccc1Nc1[nH]nc2nc(N3CCC(C)(N)CC3)cnc12. The van der Waals surface area contributed by atoms with Crippen LogP contribution < -0.4 is 16.0 Å². The van der Waals surface area contributed by atoms with E-state index >= 15 is 0 Å². The number of nitrogens with two attached hydrogens (primary N) is 1. The van der Waals surface area contributed by atoms with Crippen molar-refractivity contribution in [1.82, 2.24) is 25.1 Å². The summed E-state index contributed by atoms with van der Waals surface area (Å²) in [6.07, 6.45) is 6.01. The van der Waals surface area contributed by atoms with Gasteiger partial charge in [-0.1, -0.05) is 0 Å². The summed E-state index contributed by atoms with van der Waals surface area (Å²) >= 11 is 0. The van der Waals surface area contributed by atoms with Crippen LogP contribution in [0.3, 0.4) is 0 Å². The number of ether oxygens (including phenoxy) is 1. The van der Waals surface area contributed by atoms with Crippen LogP contribution in [0, 0.1) is 0 Å².